The SMILES string of the molecule is COc1cccc(N2CC(C)N(C)C(C)C2)c1C(C)O. The quantitative estimate of drug-likeness (QED) is 0.920. The van der Waals surface area contributed by atoms with Crippen LogP contribution >= 0.6 is 0 Å². The van der Waals surface area contributed by atoms with Crippen LogP contribution in [0.1, 0.15) is 32.4 Å². The Morgan fingerprint density at radius 3 is 2.35 bits per heavy atom. The highest BCUT2D eigenvalue weighted by Crippen LogP contribution is 2.35. The maximum absolute atomic E-state index is 10.1. The second kappa shape index (κ2) is 6.02. The van der Waals surface area contributed by atoms with E-state index in [0.717, 1.165) is 30.1 Å². The van der Waals surface area contributed by atoms with Crippen LogP contribution in [0.5, 0.6) is 5.75 Å². The standard InChI is InChI=1S/C16H26N2O2/c1-11-9-18(10-12(2)17(11)4)14-7-6-8-15(20-5)16(14)13(3)19/h6-8,11-13,19H,9-10H2,1-5H3. The van der Waals surface area contributed by atoms with Crippen molar-refractivity contribution in [3.05, 3.63) is 23.8 Å². The maximum atomic E-state index is 10.1. The first kappa shape index (κ1) is 15.1. The monoisotopic (exact) mass is 278 g/mol. The van der Waals surface area contributed by atoms with Gasteiger partial charge in [0.15, 0.2) is 0 Å². The molecule has 3 atom stereocenters. The number of likely N-dealkylation sites (N-methyl/N-ethyl adjacent to an activating group) is 1. The molecular formula is C16H26N2O2. The molecule has 0 aromatic heterocycles. The Bertz CT molecular complexity index is 450. The minimum absolute atomic E-state index is 0.492. The molecule has 20 heavy (non-hydrogen) atoms. The molecule has 1 aliphatic rings. The van der Waals surface area contributed by atoms with Gasteiger partial charge in [0.05, 0.1) is 13.2 Å². The molecule has 1 fully saturated rings. The number of rotatable bonds is 3. The number of aliphatic hydroxyl groups is 1. The van der Waals surface area contributed by atoms with Crippen LogP contribution in [0.4, 0.5) is 5.69 Å². The average Bonchev–Trinajstić information content (AvgIpc) is 2.43. The van der Waals surface area contributed by atoms with E-state index in [2.05, 4.69) is 36.8 Å². The summed E-state index contributed by atoms with van der Waals surface area (Å²) < 4.78 is 5.42. The van der Waals surface area contributed by atoms with Crippen molar-refractivity contribution in [1.82, 2.24) is 4.90 Å². The molecule has 4 heteroatoms. The van der Waals surface area contributed by atoms with E-state index < -0.39 is 6.10 Å². The zero-order chi connectivity index (χ0) is 14.9. The lowest BCUT2D eigenvalue weighted by molar-refractivity contribution is 0.167. The highest BCUT2D eigenvalue weighted by molar-refractivity contribution is 5.61. The summed E-state index contributed by atoms with van der Waals surface area (Å²) >= 11 is 0. The third kappa shape index (κ3) is 2.76. The molecule has 0 aliphatic carbocycles. The van der Waals surface area contributed by atoms with Crippen LogP contribution in [0.3, 0.4) is 0 Å². The van der Waals surface area contributed by atoms with Gasteiger partial charge in [0.2, 0.25) is 0 Å². The van der Waals surface area contributed by atoms with Crippen molar-refractivity contribution < 1.29 is 9.84 Å². The van der Waals surface area contributed by atoms with E-state index in [4.69, 9.17) is 4.74 Å². The highest BCUT2D eigenvalue weighted by atomic mass is 16.5. The largest absolute Gasteiger partial charge is 0.496 e. The number of aliphatic hydroxyl groups excluding tert-OH is 1. The van der Waals surface area contributed by atoms with Crippen LogP contribution in [-0.4, -0.2) is 49.3 Å². The molecule has 1 aliphatic heterocycles. The number of anilines is 1. The molecule has 1 heterocycles. The lowest BCUT2D eigenvalue weighted by atomic mass is 10.0. The van der Waals surface area contributed by atoms with Crippen molar-refractivity contribution in [2.45, 2.75) is 39.0 Å². The van der Waals surface area contributed by atoms with Crippen LogP contribution in [0.2, 0.25) is 0 Å². The van der Waals surface area contributed by atoms with E-state index in [-0.39, 0.29) is 0 Å². The Hall–Kier alpha value is -1.26. The Morgan fingerprint density at radius 1 is 1.25 bits per heavy atom. The molecule has 0 saturated carbocycles. The molecule has 0 bridgehead atoms. The third-order valence-corrected chi connectivity index (χ3v) is 4.38. The van der Waals surface area contributed by atoms with Crippen molar-refractivity contribution in [2.24, 2.45) is 0 Å². The second-order valence-corrected chi connectivity index (χ2v) is 5.84. The first-order valence-corrected chi connectivity index (χ1v) is 7.27. The van der Waals surface area contributed by atoms with Gasteiger partial charge in [0.25, 0.3) is 0 Å². The lowest BCUT2D eigenvalue weighted by Gasteiger charge is -2.44. The smallest absolute Gasteiger partial charge is 0.126 e. The number of piperazine rings is 1. The summed E-state index contributed by atoms with van der Waals surface area (Å²) in [5.74, 6) is 0.761. The maximum Gasteiger partial charge on any atom is 0.126 e. The molecule has 1 aromatic rings. The fraction of sp³-hybridized carbons (Fsp3) is 0.625. The summed E-state index contributed by atoms with van der Waals surface area (Å²) in [5.41, 5.74) is 1.98. The van der Waals surface area contributed by atoms with Gasteiger partial charge < -0.3 is 14.7 Å². The minimum atomic E-state index is -0.536. The van der Waals surface area contributed by atoms with Crippen molar-refractivity contribution >= 4 is 5.69 Å². The van der Waals surface area contributed by atoms with Crippen LogP contribution in [0.15, 0.2) is 18.2 Å². The van der Waals surface area contributed by atoms with E-state index in [9.17, 15) is 5.11 Å². The molecular weight excluding hydrogens is 252 g/mol. The highest BCUT2D eigenvalue weighted by Gasteiger charge is 2.29. The summed E-state index contributed by atoms with van der Waals surface area (Å²) in [6.45, 7) is 8.21. The summed E-state index contributed by atoms with van der Waals surface area (Å²) in [7, 11) is 3.83. The Kier molecular flexibility index (Phi) is 4.55. The number of methoxy groups -OCH3 is 1. The summed E-state index contributed by atoms with van der Waals surface area (Å²) in [4.78, 5) is 4.76. The predicted molar refractivity (Wildman–Crippen MR) is 82.5 cm³/mol. The molecule has 1 aromatic carbocycles. The van der Waals surface area contributed by atoms with E-state index >= 15 is 0 Å². The van der Waals surface area contributed by atoms with E-state index in [1.165, 1.54) is 0 Å². The van der Waals surface area contributed by atoms with Crippen LogP contribution in [0, 0.1) is 0 Å². The van der Waals surface area contributed by atoms with Gasteiger partial charge in [0, 0.05) is 36.4 Å². The second-order valence-electron chi connectivity index (χ2n) is 5.84. The zero-order valence-corrected chi connectivity index (χ0v) is 13.1. The van der Waals surface area contributed by atoms with Gasteiger partial charge in [-0.3, -0.25) is 4.90 Å². The molecule has 0 amide bonds. The average molecular weight is 278 g/mol. The van der Waals surface area contributed by atoms with Gasteiger partial charge in [0.1, 0.15) is 5.75 Å². The van der Waals surface area contributed by atoms with Gasteiger partial charge in [-0.25, -0.2) is 0 Å². The first-order chi connectivity index (χ1) is 9.45. The number of ether oxygens (including phenoxy) is 1. The Labute approximate surface area is 122 Å². The molecule has 1 saturated heterocycles. The van der Waals surface area contributed by atoms with Gasteiger partial charge in [-0.15, -0.1) is 0 Å². The minimum Gasteiger partial charge on any atom is -0.496 e. The fourth-order valence-electron chi connectivity index (χ4n) is 3.01. The van der Waals surface area contributed by atoms with Crippen LogP contribution < -0.4 is 9.64 Å². The topological polar surface area (TPSA) is 35.9 Å². The van der Waals surface area contributed by atoms with Crippen molar-refractivity contribution in [2.75, 3.05) is 32.1 Å². The lowest BCUT2D eigenvalue weighted by Crippen LogP contribution is -2.55. The Balaban J connectivity index is 2.37. The summed E-state index contributed by atoms with van der Waals surface area (Å²) in [6, 6.07) is 6.97. The molecule has 0 radical (unpaired) electrons. The number of hydrogen-bond acceptors (Lipinski definition) is 4. The Morgan fingerprint density at radius 2 is 1.85 bits per heavy atom. The van der Waals surface area contributed by atoms with Gasteiger partial charge >= 0.3 is 0 Å². The van der Waals surface area contributed by atoms with Crippen molar-refractivity contribution in [1.29, 1.82) is 0 Å². The number of nitrogens with zero attached hydrogens (tertiary/aromatic N) is 2. The van der Waals surface area contributed by atoms with Crippen LogP contribution in [-0.2, 0) is 0 Å². The van der Waals surface area contributed by atoms with E-state index in [1.54, 1.807) is 14.0 Å². The predicted octanol–water partition coefficient (Wildman–Crippen LogP) is 2.28. The normalized spacial score (nSPS) is 25.6. The number of hydrogen-bond donors (Lipinski definition) is 1. The summed E-state index contributed by atoms with van der Waals surface area (Å²) in [5, 5.41) is 10.1. The molecule has 0 spiro atoms. The zero-order valence-electron chi connectivity index (χ0n) is 13.1. The van der Waals surface area contributed by atoms with Crippen LogP contribution in [0.25, 0.3) is 0 Å². The van der Waals surface area contributed by atoms with E-state index in [1.807, 2.05) is 12.1 Å². The molecule has 112 valence electrons. The molecule has 4 nitrogen and oxygen atoms in total. The van der Waals surface area contributed by atoms with Crippen molar-refractivity contribution in [3.63, 3.8) is 0 Å². The summed E-state index contributed by atoms with van der Waals surface area (Å²) in [6.07, 6.45) is -0.536. The molecule has 2 rings (SSSR count). The third-order valence-electron chi connectivity index (χ3n) is 4.38. The molecule has 1 N–H and O–H groups in total. The van der Waals surface area contributed by atoms with Gasteiger partial charge in [-0.05, 0) is 40.0 Å². The van der Waals surface area contributed by atoms with Gasteiger partial charge in [-0.1, -0.05) is 6.07 Å². The van der Waals surface area contributed by atoms with Crippen molar-refractivity contribution in [3.8, 4) is 5.75 Å². The molecule has 3 unspecified atom stereocenters. The number of benzene rings is 1. The fourth-order valence-corrected chi connectivity index (χ4v) is 3.01. The van der Waals surface area contributed by atoms with Gasteiger partial charge in [-0.2, -0.15) is 0 Å². The van der Waals surface area contributed by atoms with E-state index in [0.29, 0.717) is 12.1 Å². The first-order valence-electron chi connectivity index (χ1n) is 7.27.